The average molecular weight is 424 g/mol. The predicted molar refractivity (Wildman–Crippen MR) is 115 cm³/mol. The van der Waals surface area contributed by atoms with Crippen LogP contribution in [0, 0.1) is 17.8 Å². The first-order valence-corrected chi connectivity index (χ1v) is 11.4. The fourth-order valence-electron chi connectivity index (χ4n) is 6.41. The molecule has 1 aromatic carbocycles. The molecule has 164 valence electrons. The minimum Gasteiger partial charge on any atom is -0.453 e. The Bertz CT molecular complexity index is 1040. The number of carbonyl (C=O) groups excluding carboxylic acids is 2. The maximum atomic E-state index is 12.8. The van der Waals surface area contributed by atoms with Gasteiger partial charge in [0.2, 0.25) is 0 Å². The van der Waals surface area contributed by atoms with E-state index in [0.29, 0.717) is 16.7 Å². The second kappa shape index (κ2) is 7.77. The fraction of sp³-hybridized carbons (Fsp3) is 0.583. The largest absolute Gasteiger partial charge is 0.453 e. The lowest BCUT2D eigenvalue weighted by atomic mass is 9.53. The van der Waals surface area contributed by atoms with Crippen LogP contribution in [0.4, 0.5) is 0 Å². The highest BCUT2D eigenvalue weighted by Gasteiger charge is 2.51. The zero-order valence-electron chi connectivity index (χ0n) is 17.9. The van der Waals surface area contributed by atoms with E-state index in [-0.39, 0.29) is 29.8 Å². The molecule has 4 saturated carbocycles. The Morgan fingerprint density at radius 2 is 1.81 bits per heavy atom. The van der Waals surface area contributed by atoms with Gasteiger partial charge < -0.3 is 15.0 Å². The van der Waals surface area contributed by atoms with E-state index >= 15 is 0 Å². The van der Waals surface area contributed by atoms with E-state index < -0.39 is 12.1 Å². The summed E-state index contributed by atoms with van der Waals surface area (Å²) in [5, 5.41) is 3.77. The number of fused-ring (bicyclic) bond motifs is 1. The topological polar surface area (TPSA) is 101 Å². The molecular formula is C24H29N3O4. The molecule has 1 atom stereocenters. The highest BCUT2D eigenvalue weighted by Crippen LogP contribution is 2.55. The molecule has 6 rings (SSSR count). The molecule has 2 aromatic rings. The van der Waals surface area contributed by atoms with Gasteiger partial charge in [0.05, 0.1) is 17.3 Å². The molecule has 0 saturated heterocycles. The van der Waals surface area contributed by atoms with Crippen molar-refractivity contribution < 1.29 is 14.3 Å². The van der Waals surface area contributed by atoms with Gasteiger partial charge in [0.1, 0.15) is 5.82 Å². The molecule has 1 aromatic heterocycles. The number of hydrogen-bond acceptors (Lipinski definition) is 5. The number of benzene rings is 1. The van der Waals surface area contributed by atoms with Gasteiger partial charge >= 0.3 is 5.97 Å². The van der Waals surface area contributed by atoms with Crippen molar-refractivity contribution >= 4 is 22.8 Å². The van der Waals surface area contributed by atoms with Crippen LogP contribution in [-0.4, -0.2) is 33.5 Å². The quantitative estimate of drug-likeness (QED) is 0.696. The van der Waals surface area contributed by atoms with E-state index in [4.69, 9.17) is 4.74 Å². The zero-order valence-corrected chi connectivity index (χ0v) is 17.9. The maximum absolute atomic E-state index is 12.8. The molecule has 7 heteroatoms. The second-order valence-electron chi connectivity index (χ2n) is 9.85. The molecule has 1 amide bonds. The Morgan fingerprint density at radius 1 is 1.16 bits per heavy atom. The van der Waals surface area contributed by atoms with Crippen molar-refractivity contribution in [3.63, 3.8) is 0 Å². The molecule has 7 nitrogen and oxygen atoms in total. The van der Waals surface area contributed by atoms with Gasteiger partial charge in [-0.25, -0.2) is 4.98 Å². The van der Waals surface area contributed by atoms with E-state index in [1.165, 1.54) is 19.3 Å². The molecule has 4 aliphatic rings. The highest BCUT2D eigenvalue weighted by molar-refractivity contribution is 5.84. The normalized spacial score (nSPS) is 29.6. The first-order valence-electron chi connectivity index (χ1n) is 11.4. The number of nitrogens with zero attached hydrogens (tertiary/aromatic N) is 1. The van der Waals surface area contributed by atoms with Crippen LogP contribution in [0.15, 0.2) is 29.1 Å². The summed E-state index contributed by atoms with van der Waals surface area (Å²) >= 11 is 0. The first kappa shape index (κ1) is 20.2. The number of aromatic nitrogens is 2. The molecule has 31 heavy (non-hydrogen) atoms. The minimum absolute atomic E-state index is 0.0519. The number of ether oxygens (including phenoxy) is 1. The van der Waals surface area contributed by atoms with Crippen molar-refractivity contribution in [1.29, 1.82) is 0 Å². The number of nitrogens with one attached hydrogen (secondary N) is 2. The Morgan fingerprint density at radius 3 is 2.48 bits per heavy atom. The number of amides is 1. The van der Waals surface area contributed by atoms with Crippen molar-refractivity contribution in [2.24, 2.45) is 17.8 Å². The van der Waals surface area contributed by atoms with Crippen molar-refractivity contribution in [3.05, 3.63) is 40.4 Å². The molecule has 0 spiro atoms. The monoisotopic (exact) mass is 423 g/mol. The van der Waals surface area contributed by atoms with Gasteiger partial charge in [-0.15, -0.1) is 0 Å². The summed E-state index contributed by atoms with van der Waals surface area (Å²) in [4.78, 5) is 44.4. The van der Waals surface area contributed by atoms with Crippen LogP contribution in [0.3, 0.4) is 0 Å². The van der Waals surface area contributed by atoms with E-state index in [1.54, 1.807) is 25.1 Å². The van der Waals surface area contributed by atoms with E-state index in [1.807, 2.05) is 6.07 Å². The number of aryl methyl sites for hydroxylation is 1. The summed E-state index contributed by atoms with van der Waals surface area (Å²) in [7, 11) is 0. The number of rotatable bonds is 6. The summed E-state index contributed by atoms with van der Waals surface area (Å²) in [5.74, 6) is 1.98. The van der Waals surface area contributed by atoms with Crippen LogP contribution in [-0.2, 0) is 20.7 Å². The van der Waals surface area contributed by atoms with E-state index in [9.17, 15) is 14.4 Å². The molecule has 0 radical (unpaired) electrons. The number of para-hydroxylation sites is 1. The van der Waals surface area contributed by atoms with E-state index in [0.717, 1.165) is 37.0 Å². The molecule has 0 aliphatic heterocycles. The number of carbonyl (C=O) groups is 2. The third-order valence-corrected chi connectivity index (χ3v) is 7.33. The summed E-state index contributed by atoms with van der Waals surface area (Å²) < 4.78 is 5.39. The predicted octanol–water partition coefficient (Wildman–Crippen LogP) is 2.87. The van der Waals surface area contributed by atoms with E-state index in [2.05, 4.69) is 15.3 Å². The Balaban J connectivity index is 1.15. The molecule has 4 bridgehead atoms. The van der Waals surface area contributed by atoms with Crippen molar-refractivity contribution in [3.8, 4) is 0 Å². The minimum atomic E-state index is -0.830. The lowest BCUT2D eigenvalue weighted by Crippen LogP contribution is -2.61. The number of hydrogen-bond donors (Lipinski definition) is 2. The van der Waals surface area contributed by atoms with Gasteiger partial charge in [0, 0.05) is 12.0 Å². The molecular weight excluding hydrogens is 394 g/mol. The van der Waals surface area contributed by atoms with Crippen molar-refractivity contribution in [1.82, 2.24) is 15.3 Å². The Kier molecular flexibility index (Phi) is 5.07. The third kappa shape index (κ3) is 4.10. The van der Waals surface area contributed by atoms with Gasteiger partial charge in [-0.05, 0) is 75.3 Å². The summed E-state index contributed by atoms with van der Waals surface area (Å²) in [6.07, 6.45) is 6.59. The van der Waals surface area contributed by atoms with Crippen LogP contribution in [0.1, 0.15) is 57.7 Å². The number of aromatic amines is 1. The average Bonchev–Trinajstić information content (AvgIpc) is 2.71. The summed E-state index contributed by atoms with van der Waals surface area (Å²) in [6.45, 7) is 1.63. The van der Waals surface area contributed by atoms with Gasteiger partial charge in [-0.1, -0.05) is 12.1 Å². The SMILES string of the molecule is C[C@H](OC(=O)CCc1nc2ccccc2c(=O)[nH]1)C(=O)NC12CC3CC(CC(C3)C1)C2. The summed E-state index contributed by atoms with van der Waals surface area (Å²) in [6, 6.07) is 7.08. The van der Waals surface area contributed by atoms with Crippen LogP contribution in [0.25, 0.3) is 10.9 Å². The van der Waals surface area contributed by atoms with Crippen molar-refractivity contribution in [2.45, 2.75) is 69.9 Å². The van der Waals surface area contributed by atoms with Crippen LogP contribution in [0.5, 0.6) is 0 Å². The Hall–Kier alpha value is -2.70. The third-order valence-electron chi connectivity index (χ3n) is 7.33. The molecule has 0 unspecified atom stereocenters. The van der Waals surface area contributed by atoms with Gasteiger partial charge in [-0.2, -0.15) is 0 Å². The smallest absolute Gasteiger partial charge is 0.307 e. The molecule has 4 aliphatic carbocycles. The fourth-order valence-corrected chi connectivity index (χ4v) is 6.41. The van der Waals surface area contributed by atoms with Gasteiger partial charge in [0.25, 0.3) is 11.5 Å². The van der Waals surface area contributed by atoms with Crippen LogP contribution >= 0.6 is 0 Å². The van der Waals surface area contributed by atoms with Crippen LogP contribution in [0.2, 0.25) is 0 Å². The lowest BCUT2D eigenvalue weighted by Gasteiger charge is -2.57. The first-order chi connectivity index (χ1) is 14.9. The van der Waals surface area contributed by atoms with Gasteiger partial charge in [-0.3, -0.25) is 14.4 Å². The Labute approximate surface area is 181 Å². The molecule has 1 heterocycles. The standard InChI is InChI=1S/C24H29N3O4/c1-14(22(29)27-24-11-15-8-16(12-24)10-17(9-15)13-24)31-21(28)7-6-20-25-19-5-3-2-4-18(19)23(30)26-20/h2-5,14-17H,6-13H2,1H3,(H,27,29)(H,25,26,30)/t14-,15?,16?,17?,24?/m0/s1. The zero-order chi connectivity index (χ0) is 21.6. The number of H-pyrrole nitrogens is 1. The second-order valence-corrected chi connectivity index (χ2v) is 9.85. The van der Waals surface area contributed by atoms with Crippen LogP contribution < -0.4 is 10.9 Å². The maximum Gasteiger partial charge on any atom is 0.307 e. The lowest BCUT2D eigenvalue weighted by molar-refractivity contribution is -0.156. The highest BCUT2D eigenvalue weighted by atomic mass is 16.5. The summed E-state index contributed by atoms with van der Waals surface area (Å²) in [5.41, 5.74) is 0.274. The number of esters is 1. The van der Waals surface area contributed by atoms with Crippen molar-refractivity contribution in [2.75, 3.05) is 0 Å². The molecule has 4 fully saturated rings. The molecule has 2 N–H and O–H groups in total. The van der Waals surface area contributed by atoms with Gasteiger partial charge in [0.15, 0.2) is 6.10 Å².